The van der Waals surface area contributed by atoms with E-state index in [1.54, 1.807) is 0 Å². The van der Waals surface area contributed by atoms with E-state index in [0.717, 1.165) is 25.3 Å². The molecule has 0 saturated heterocycles. The van der Waals surface area contributed by atoms with Gasteiger partial charge in [-0.15, -0.1) is 0 Å². The zero-order chi connectivity index (χ0) is 13.9. The van der Waals surface area contributed by atoms with Gasteiger partial charge in [-0.25, -0.2) is 0 Å². The molecule has 108 valence electrons. The monoisotopic (exact) mass is 263 g/mol. The maximum Gasteiger partial charge on any atom is 0.0624 e. The zero-order valence-electron chi connectivity index (χ0n) is 12.8. The van der Waals surface area contributed by atoms with E-state index in [1.807, 2.05) is 0 Å². The molecule has 0 radical (unpaired) electrons. The first-order chi connectivity index (χ1) is 9.12. The molecule has 0 atom stereocenters. The Morgan fingerprint density at radius 2 is 2.05 bits per heavy atom. The predicted molar refractivity (Wildman–Crippen MR) is 80.0 cm³/mol. The van der Waals surface area contributed by atoms with Crippen LogP contribution in [-0.2, 0) is 19.9 Å². The van der Waals surface area contributed by atoms with Crippen molar-refractivity contribution in [3.63, 3.8) is 0 Å². The van der Waals surface area contributed by atoms with Crippen LogP contribution in [0.2, 0.25) is 0 Å². The minimum absolute atomic E-state index is 0.324. The van der Waals surface area contributed by atoms with Gasteiger partial charge in [0, 0.05) is 12.7 Å². The average molecular weight is 263 g/mol. The minimum Gasteiger partial charge on any atom is -0.330 e. The third-order valence-corrected chi connectivity index (χ3v) is 5.12. The lowest BCUT2D eigenvalue weighted by Crippen LogP contribution is -2.37. The van der Waals surface area contributed by atoms with Crippen molar-refractivity contribution in [3.05, 3.63) is 17.5 Å². The van der Waals surface area contributed by atoms with Gasteiger partial charge < -0.3 is 5.73 Å². The summed E-state index contributed by atoms with van der Waals surface area (Å²) in [5, 5.41) is 4.57. The van der Waals surface area contributed by atoms with Gasteiger partial charge in [-0.3, -0.25) is 4.68 Å². The molecule has 1 aromatic rings. The molecule has 3 heteroatoms. The van der Waals surface area contributed by atoms with Crippen molar-refractivity contribution in [1.29, 1.82) is 0 Å². The number of hydrogen-bond acceptors (Lipinski definition) is 2. The van der Waals surface area contributed by atoms with Gasteiger partial charge in [0.15, 0.2) is 0 Å². The molecule has 1 fully saturated rings. The molecule has 2 rings (SSSR count). The highest BCUT2D eigenvalue weighted by Gasteiger charge is 2.34. The van der Waals surface area contributed by atoms with Crippen LogP contribution < -0.4 is 5.73 Å². The van der Waals surface area contributed by atoms with Crippen LogP contribution in [-0.4, -0.2) is 16.3 Å². The minimum atomic E-state index is 0.324. The molecule has 1 saturated carbocycles. The quantitative estimate of drug-likeness (QED) is 0.887. The predicted octanol–water partition coefficient (Wildman–Crippen LogP) is 3.07. The summed E-state index contributed by atoms with van der Waals surface area (Å²) in [4.78, 5) is 0. The number of nitrogens with two attached hydrogens (primary N) is 1. The van der Waals surface area contributed by atoms with Gasteiger partial charge in [-0.2, -0.15) is 5.10 Å². The van der Waals surface area contributed by atoms with E-state index in [0.29, 0.717) is 5.41 Å². The molecule has 3 nitrogen and oxygen atoms in total. The van der Waals surface area contributed by atoms with Gasteiger partial charge in [0.25, 0.3) is 0 Å². The molecule has 1 aromatic heterocycles. The molecule has 1 aliphatic carbocycles. The summed E-state index contributed by atoms with van der Waals surface area (Å²) >= 11 is 0. The van der Waals surface area contributed by atoms with E-state index in [2.05, 4.69) is 36.7 Å². The Labute approximate surface area is 117 Å². The molecule has 2 N–H and O–H groups in total. The lowest BCUT2D eigenvalue weighted by atomic mass is 9.67. The highest BCUT2D eigenvalue weighted by Crippen LogP contribution is 2.41. The number of aryl methyl sites for hydroxylation is 2. The summed E-state index contributed by atoms with van der Waals surface area (Å²) in [6, 6.07) is 2.27. The molecule has 0 spiro atoms. The number of hydrogen-bond donors (Lipinski definition) is 1. The van der Waals surface area contributed by atoms with Crippen molar-refractivity contribution in [3.8, 4) is 0 Å². The lowest BCUT2D eigenvalue weighted by Gasteiger charge is -2.39. The highest BCUT2D eigenvalue weighted by molar-refractivity contribution is 5.13. The van der Waals surface area contributed by atoms with Crippen molar-refractivity contribution >= 4 is 0 Å². The molecule has 19 heavy (non-hydrogen) atoms. The summed E-state index contributed by atoms with van der Waals surface area (Å²) in [7, 11) is 2.07. The molecule has 0 bridgehead atoms. The Bertz CT molecular complexity index is 400. The second kappa shape index (κ2) is 6.08. The van der Waals surface area contributed by atoms with Crippen LogP contribution >= 0.6 is 0 Å². The van der Waals surface area contributed by atoms with Crippen LogP contribution in [0.15, 0.2) is 6.07 Å². The summed E-state index contributed by atoms with van der Waals surface area (Å²) in [6.07, 6.45) is 8.72. The highest BCUT2D eigenvalue weighted by atomic mass is 15.3. The van der Waals surface area contributed by atoms with Crippen molar-refractivity contribution in [2.24, 2.45) is 24.1 Å². The van der Waals surface area contributed by atoms with Crippen LogP contribution in [0.4, 0.5) is 0 Å². The molecule has 0 aliphatic heterocycles. The summed E-state index contributed by atoms with van der Waals surface area (Å²) < 4.78 is 2.06. The van der Waals surface area contributed by atoms with E-state index in [9.17, 15) is 0 Å². The van der Waals surface area contributed by atoms with Crippen LogP contribution in [0, 0.1) is 11.3 Å². The maximum atomic E-state index is 6.13. The standard InChI is InChI=1S/C16H29N3/c1-4-13-6-8-16(12-17,9-7-13)11-15-10-14(5-2)18-19(15)3/h10,13H,4-9,11-12,17H2,1-3H3. The van der Waals surface area contributed by atoms with Crippen molar-refractivity contribution in [2.75, 3.05) is 6.54 Å². The maximum absolute atomic E-state index is 6.13. The first-order valence-electron chi connectivity index (χ1n) is 7.84. The SMILES string of the molecule is CCc1cc(CC2(CN)CCC(CC)CC2)n(C)n1. The van der Waals surface area contributed by atoms with Gasteiger partial charge in [0.05, 0.1) is 5.69 Å². The summed E-state index contributed by atoms with van der Waals surface area (Å²) in [6.45, 7) is 5.29. The molecule has 0 unspecified atom stereocenters. The van der Waals surface area contributed by atoms with E-state index in [1.165, 1.54) is 43.5 Å². The molecule has 0 aromatic carbocycles. The van der Waals surface area contributed by atoms with E-state index in [-0.39, 0.29) is 0 Å². The molecule has 0 amide bonds. The summed E-state index contributed by atoms with van der Waals surface area (Å²) in [5.74, 6) is 0.928. The van der Waals surface area contributed by atoms with Gasteiger partial charge in [-0.1, -0.05) is 20.3 Å². The fraction of sp³-hybridized carbons (Fsp3) is 0.812. The fourth-order valence-corrected chi connectivity index (χ4v) is 3.45. The van der Waals surface area contributed by atoms with Crippen LogP contribution in [0.3, 0.4) is 0 Å². The van der Waals surface area contributed by atoms with Crippen molar-refractivity contribution in [1.82, 2.24) is 9.78 Å². The Kier molecular flexibility index (Phi) is 4.67. The Balaban J connectivity index is 2.08. The average Bonchev–Trinajstić information content (AvgIpc) is 2.80. The third kappa shape index (κ3) is 3.19. The Morgan fingerprint density at radius 1 is 1.37 bits per heavy atom. The molecular formula is C16H29N3. The smallest absolute Gasteiger partial charge is 0.0624 e. The first-order valence-corrected chi connectivity index (χ1v) is 7.84. The number of nitrogens with zero attached hydrogens (tertiary/aromatic N) is 2. The molecule has 1 aliphatic rings. The van der Waals surface area contributed by atoms with E-state index >= 15 is 0 Å². The second-order valence-corrected chi connectivity index (χ2v) is 6.34. The van der Waals surface area contributed by atoms with Crippen LogP contribution in [0.5, 0.6) is 0 Å². The largest absolute Gasteiger partial charge is 0.330 e. The Hall–Kier alpha value is -0.830. The third-order valence-electron chi connectivity index (χ3n) is 5.12. The van der Waals surface area contributed by atoms with Gasteiger partial charge >= 0.3 is 0 Å². The van der Waals surface area contributed by atoms with Gasteiger partial charge in [0.2, 0.25) is 0 Å². The fourth-order valence-electron chi connectivity index (χ4n) is 3.45. The summed E-state index contributed by atoms with van der Waals surface area (Å²) in [5.41, 5.74) is 9.02. The van der Waals surface area contributed by atoms with Gasteiger partial charge in [-0.05, 0) is 62.5 Å². The Morgan fingerprint density at radius 3 is 2.53 bits per heavy atom. The van der Waals surface area contributed by atoms with Crippen LogP contribution in [0.25, 0.3) is 0 Å². The molecular weight excluding hydrogens is 234 g/mol. The second-order valence-electron chi connectivity index (χ2n) is 6.34. The van der Waals surface area contributed by atoms with Crippen molar-refractivity contribution < 1.29 is 0 Å². The number of aromatic nitrogens is 2. The van der Waals surface area contributed by atoms with Crippen LogP contribution in [0.1, 0.15) is 57.3 Å². The topological polar surface area (TPSA) is 43.8 Å². The zero-order valence-corrected chi connectivity index (χ0v) is 12.8. The van der Waals surface area contributed by atoms with E-state index < -0.39 is 0 Å². The van der Waals surface area contributed by atoms with E-state index in [4.69, 9.17) is 5.73 Å². The van der Waals surface area contributed by atoms with Gasteiger partial charge in [0.1, 0.15) is 0 Å². The normalized spacial score (nSPS) is 27.7. The lowest BCUT2D eigenvalue weighted by molar-refractivity contribution is 0.151. The molecule has 1 heterocycles. The first kappa shape index (κ1) is 14.6. The number of rotatable bonds is 5. The van der Waals surface area contributed by atoms with Crippen molar-refractivity contribution in [2.45, 2.75) is 58.8 Å².